The monoisotopic (exact) mass is 333 g/mol. The molecule has 0 aliphatic carbocycles. The molecule has 2 amide bonds. The summed E-state index contributed by atoms with van der Waals surface area (Å²) in [6, 6.07) is 7.11. The molecule has 2 N–H and O–H groups in total. The summed E-state index contributed by atoms with van der Waals surface area (Å²) < 4.78 is 5.35. The summed E-state index contributed by atoms with van der Waals surface area (Å²) in [5.41, 5.74) is 0.662. The van der Waals surface area contributed by atoms with Crippen LogP contribution >= 0.6 is 11.8 Å². The van der Waals surface area contributed by atoms with Crippen molar-refractivity contribution in [2.24, 2.45) is 4.99 Å². The summed E-state index contributed by atoms with van der Waals surface area (Å²) in [7, 11) is 0. The van der Waals surface area contributed by atoms with Gasteiger partial charge in [-0.25, -0.2) is 0 Å². The zero-order valence-electron chi connectivity index (χ0n) is 12.9. The number of ether oxygens (including phenoxy) is 1. The summed E-state index contributed by atoms with van der Waals surface area (Å²) in [5.74, 6) is 0.314. The number of amidine groups is 1. The van der Waals surface area contributed by atoms with E-state index in [1.54, 1.807) is 30.3 Å². The van der Waals surface area contributed by atoms with E-state index in [0.717, 1.165) is 5.75 Å². The van der Waals surface area contributed by atoms with Gasteiger partial charge in [0.05, 0.1) is 13.2 Å². The van der Waals surface area contributed by atoms with Crippen molar-refractivity contribution in [1.29, 1.82) is 0 Å². The first-order valence-electron chi connectivity index (χ1n) is 7.28. The van der Waals surface area contributed by atoms with E-state index < -0.39 is 5.25 Å². The lowest BCUT2D eigenvalue weighted by atomic mass is 10.2. The van der Waals surface area contributed by atoms with Crippen LogP contribution < -0.4 is 15.4 Å². The van der Waals surface area contributed by atoms with Crippen LogP contribution in [0.1, 0.15) is 13.3 Å². The van der Waals surface area contributed by atoms with Gasteiger partial charge in [0.2, 0.25) is 11.8 Å². The molecule has 122 valence electrons. The third kappa shape index (κ3) is 5.14. The molecule has 1 aliphatic rings. The number of carbonyl (C=O) groups is 2. The number of anilines is 1. The lowest BCUT2D eigenvalue weighted by Gasteiger charge is -2.22. The van der Waals surface area contributed by atoms with Crippen LogP contribution in [0.3, 0.4) is 0 Å². The van der Waals surface area contributed by atoms with Gasteiger partial charge >= 0.3 is 0 Å². The Morgan fingerprint density at radius 1 is 1.52 bits per heavy atom. The Morgan fingerprint density at radius 3 is 2.91 bits per heavy atom. The highest BCUT2D eigenvalue weighted by molar-refractivity contribution is 8.15. The molecule has 1 aromatic rings. The fraction of sp³-hybridized carbons (Fsp3) is 0.312. The van der Waals surface area contributed by atoms with Crippen molar-refractivity contribution in [3.63, 3.8) is 0 Å². The molecular weight excluding hydrogens is 314 g/mol. The van der Waals surface area contributed by atoms with Gasteiger partial charge in [0.15, 0.2) is 5.17 Å². The van der Waals surface area contributed by atoms with E-state index in [1.807, 2.05) is 6.92 Å². The van der Waals surface area contributed by atoms with Crippen LogP contribution in [-0.4, -0.2) is 35.4 Å². The first kappa shape index (κ1) is 17.1. The number of nitrogens with zero attached hydrogens (tertiary/aromatic N) is 1. The van der Waals surface area contributed by atoms with E-state index in [4.69, 9.17) is 4.74 Å². The number of nitrogens with one attached hydrogen (secondary N) is 2. The summed E-state index contributed by atoms with van der Waals surface area (Å²) in [6.45, 7) is 6.47. The molecule has 7 heteroatoms. The van der Waals surface area contributed by atoms with Crippen LogP contribution in [0.5, 0.6) is 5.75 Å². The molecule has 2 rings (SSSR count). The van der Waals surface area contributed by atoms with Crippen molar-refractivity contribution in [3.8, 4) is 5.75 Å². The molecule has 0 spiro atoms. The Morgan fingerprint density at radius 2 is 2.26 bits per heavy atom. The number of aliphatic imine (C=N–C) groups is 1. The van der Waals surface area contributed by atoms with Crippen LogP contribution in [0.15, 0.2) is 41.9 Å². The number of amides is 2. The molecule has 1 aliphatic heterocycles. The Balaban J connectivity index is 1.98. The fourth-order valence-corrected chi connectivity index (χ4v) is 2.93. The number of hydrogen-bond donors (Lipinski definition) is 2. The molecule has 6 nitrogen and oxygen atoms in total. The molecule has 1 aromatic carbocycles. The zero-order valence-corrected chi connectivity index (χ0v) is 13.7. The third-order valence-electron chi connectivity index (χ3n) is 2.96. The van der Waals surface area contributed by atoms with Gasteiger partial charge in [0.25, 0.3) is 0 Å². The molecule has 0 radical (unpaired) electrons. The predicted molar refractivity (Wildman–Crippen MR) is 92.9 cm³/mol. The molecule has 0 saturated carbocycles. The van der Waals surface area contributed by atoms with E-state index >= 15 is 0 Å². The van der Waals surface area contributed by atoms with Gasteiger partial charge in [-0.05, 0) is 31.2 Å². The minimum absolute atomic E-state index is 0.126. The maximum Gasteiger partial charge on any atom is 0.238 e. The maximum atomic E-state index is 12.3. The number of rotatable bonds is 6. The van der Waals surface area contributed by atoms with Gasteiger partial charge in [-0.1, -0.05) is 17.8 Å². The highest BCUT2D eigenvalue weighted by Gasteiger charge is 2.30. The normalized spacial score (nSPS) is 19.1. The summed E-state index contributed by atoms with van der Waals surface area (Å²) in [6.07, 6.45) is 1.75. The molecule has 1 heterocycles. The van der Waals surface area contributed by atoms with Crippen molar-refractivity contribution in [2.45, 2.75) is 18.6 Å². The van der Waals surface area contributed by atoms with Crippen LogP contribution in [0.4, 0.5) is 5.69 Å². The lowest BCUT2D eigenvalue weighted by molar-refractivity contribution is -0.123. The number of carbonyl (C=O) groups excluding carboxylic acids is 2. The van der Waals surface area contributed by atoms with E-state index in [9.17, 15) is 9.59 Å². The van der Waals surface area contributed by atoms with Crippen molar-refractivity contribution in [1.82, 2.24) is 5.32 Å². The van der Waals surface area contributed by atoms with Gasteiger partial charge < -0.3 is 15.4 Å². The SMILES string of the molecule is C=CCN=C1NC(=O)CC(C(=O)Nc2ccc(OCC)cc2)S1. The Hall–Kier alpha value is -2.28. The number of hydrogen-bond acceptors (Lipinski definition) is 5. The first-order chi connectivity index (χ1) is 11.1. The van der Waals surface area contributed by atoms with Gasteiger partial charge in [0.1, 0.15) is 11.0 Å². The molecule has 23 heavy (non-hydrogen) atoms. The maximum absolute atomic E-state index is 12.3. The van der Waals surface area contributed by atoms with Crippen molar-refractivity contribution in [2.75, 3.05) is 18.5 Å². The van der Waals surface area contributed by atoms with E-state index in [2.05, 4.69) is 22.2 Å². The second-order valence-electron chi connectivity index (χ2n) is 4.74. The van der Waals surface area contributed by atoms with Crippen LogP contribution in [0, 0.1) is 0 Å². The Bertz CT molecular complexity index is 614. The number of thioether (sulfide) groups is 1. The predicted octanol–water partition coefficient (Wildman–Crippen LogP) is 2.19. The van der Waals surface area contributed by atoms with Crippen molar-refractivity contribution < 1.29 is 14.3 Å². The quantitative estimate of drug-likeness (QED) is 0.782. The van der Waals surface area contributed by atoms with Gasteiger partial charge in [0, 0.05) is 12.1 Å². The van der Waals surface area contributed by atoms with E-state index in [0.29, 0.717) is 24.0 Å². The molecule has 0 bridgehead atoms. The van der Waals surface area contributed by atoms with Gasteiger partial charge in [-0.3, -0.25) is 14.6 Å². The second kappa shape index (κ2) is 8.38. The van der Waals surface area contributed by atoms with Gasteiger partial charge in [-0.15, -0.1) is 6.58 Å². The minimum atomic E-state index is -0.501. The standard InChI is InChI=1S/C16H19N3O3S/c1-3-9-17-16-19-14(20)10-13(23-16)15(21)18-11-5-7-12(8-6-11)22-4-2/h3,5-8,13H,1,4,9-10H2,2H3,(H,18,21)(H,17,19,20). The minimum Gasteiger partial charge on any atom is -0.494 e. The molecule has 0 aromatic heterocycles. The highest BCUT2D eigenvalue weighted by atomic mass is 32.2. The van der Waals surface area contributed by atoms with Crippen LogP contribution in [-0.2, 0) is 9.59 Å². The smallest absolute Gasteiger partial charge is 0.238 e. The Labute approximate surface area is 139 Å². The fourth-order valence-electron chi connectivity index (χ4n) is 1.94. The zero-order chi connectivity index (χ0) is 16.7. The summed E-state index contributed by atoms with van der Waals surface area (Å²) >= 11 is 1.25. The highest BCUT2D eigenvalue weighted by Crippen LogP contribution is 2.23. The third-order valence-corrected chi connectivity index (χ3v) is 4.08. The Kier molecular flexibility index (Phi) is 6.22. The average molecular weight is 333 g/mol. The van der Waals surface area contributed by atoms with Crippen molar-refractivity contribution in [3.05, 3.63) is 36.9 Å². The largest absolute Gasteiger partial charge is 0.494 e. The van der Waals surface area contributed by atoms with Crippen LogP contribution in [0.25, 0.3) is 0 Å². The van der Waals surface area contributed by atoms with Gasteiger partial charge in [-0.2, -0.15) is 0 Å². The second-order valence-corrected chi connectivity index (χ2v) is 5.93. The lowest BCUT2D eigenvalue weighted by Crippen LogP contribution is -2.42. The summed E-state index contributed by atoms with van der Waals surface area (Å²) in [5, 5.41) is 5.41. The average Bonchev–Trinajstić information content (AvgIpc) is 2.54. The van der Waals surface area contributed by atoms with Crippen molar-refractivity contribution >= 4 is 34.4 Å². The molecule has 1 unspecified atom stereocenters. The molecule has 1 atom stereocenters. The van der Waals surface area contributed by atoms with Crippen LogP contribution in [0.2, 0.25) is 0 Å². The summed E-state index contributed by atoms with van der Waals surface area (Å²) in [4.78, 5) is 28.2. The molecule has 1 saturated heterocycles. The molecule has 1 fully saturated rings. The van der Waals surface area contributed by atoms with E-state index in [-0.39, 0.29) is 18.2 Å². The number of benzene rings is 1. The molecular formula is C16H19N3O3S. The first-order valence-corrected chi connectivity index (χ1v) is 8.16. The van der Waals surface area contributed by atoms with E-state index in [1.165, 1.54) is 11.8 Å². The topological polar surface area (TPSA) is 79.8 Å².